The number of hydrogen-bond donors (Lipinski definition) is 3. The highest BCUT2D eigenvalue weighted by Crippen LogP contribution is 2.33. The minimum atomic E-state index is -0.325. The number of nitrogens with zero attached hydrogens (tertiary/aromatic N) is 1. The van der Waals surface area contributed by atoms with Crippen LogP contribution < -0.4 is 20.7 Å². The van der Waals surface area contributed by atoms with Gasteiger partial charge in [0, 0.05) is 29.7 Å². The number of carbonyl (C=O) groups excluding carboxylic acids is 2. The number of fused-ring (bicyclic) bond motifs is 3. The highest BCUT2D eigenvalue weighted by atomic mass is 35.5. The number of anilines is 3. The lowest BCUT2D eigenvalue weighted by Crippen LogP contribution is -2.51. The molecule has 6 rings (SSSR count). The van der Waals surface area contributed by atoms with Crippen molar-refractivity contribution in [3.63, 3.8) is 0 Å². The van der Waals surface area contributed by atoms with Crippen LogP contribution in [0.1, 0.15) is 12.8 Å². The van der Waals surface area contributed by atoms with Gasteiger partial charge >= 0.3 is 6.03 Å². The van der Waals surface area contributed by atoms with Crippen LogP contribution in [0.25, 0.3) is 11.1 Å². The third-order valence-electron chi connectivity index (χ3n) is 6.95. The smallest absolute Gasteiger partial charge is 0.323 e. The maximum Gasteiger partial charge on any atom is 0.323 e. The number of methoxy groups -OCH3 is 1. The van der Waals surface area contributed by atoms with E-state index in [1.807, 2.05) is 60.7 Å². The van der Waals surface area contributed by atoms with E-state index in [1.54, 1.807) is 19.2 Å². The summed E-state index contributed by atoms with van der Waals surface area (Å²) in [7, 11) is 1.59. The number of hydrogen-bond acceptors (Lipinski definition) is 4. The van der Waals surface area contributed by atoms with Crippen molar-refractivity contribution >= 4 is 41.4 Å². The molecule has 3 aliphatic heterocycles. The first kappa shape index (κ1) is 25.5. The van der Waals surface area contributed by atoms with Gasteiger partial charge in [-0.25, -0.2) is 4.79 Å². The van der Waals surface area contributed by atoms with Crippen LogP contribution in [-0.2, 0) is 4.79 Å². The van der Waals surface area contributed by atoms with Gasteiger partial charge < -0.3 is 25.6 Å². The number of nitrogens with one attached hydrogen (secondary N) is 3. The molecule has 0 aromatic heterocycles. The summed E-state index contributed by atoms with van der Waals surface area (Å²) >= 11 is 0. The standard InChI is InChI=1S/C28H30N4O3.ClH/c1-35-25-4-2-3-24(17-25)31-28(34)30-23-11-7-20(8-12-23)19-5-9-22(10-6-19)29-27(33)26-18-32-15-13-21(26)14-16-32;/h2-12,17,21,26H,13-16,18H2,1H3,(H,29,33)(H2,30,31,34);1H. The number of rotatable bonds is 6. The summed E-state index contributed by atoms with van der Waals surface area (Å²) in [5.41, 5.74) is 4.23. The Bertz CT molecular complexity index is 1190. The van der Waals surface area contributed by atoms with Crippen LogP contribution in [0.5, 0.6) is 5.75 Å². The predicted molar refractivity (Wildman–Crippen MR) is 146 cm³/mol. The van der Waals surface area contributed by atoms with Crippen LogP contribution in [0.4, 0.5) is 21.9 Å². The third-order valence-corrected chi connectivity index (χ3v) is 6.95. The zero-order valence-electron chi connectivity index (χ0n) is 20.2. The Labute approximate surface area is 217 Å². The largest absolute Gasteiger partial charge is 0.497 e. The van der Waals surface area contributed by atoms with E-state index in [4.69, 9.17) is 4.74 Å². The van der Waals surface area contributed by atoms with Crippen molar-refractivity contribution < 1.29 is 14.3 Å². The fourth-order valence-corrected chi connectivity index (χ4v) is 4.98. The summed E-state index contributed by atoms with van der Waals surface area (Å²) < 4.78 is 5.18. The molecule has 0 radical (unpaired) electrons. The monoisotopic (exact) mass is 506 g/mol. The number of piperidine rings is 3. The molecule has 3 saturated heterocycles. The lowest BCUT2D eigenvalue weighted by molar-refractivity contribution is -0.125. The first-order valence-electron chi connectivity index (χ1n) is 12.0. The number of benzene rings is 3. The second kappa shape index (κ2) is 11.5. The van der Waals surface area contributed by atoms with Gasteiger partial charge in [0.05, 0.1) is 13.0 Å². The predicted octanol–water partition coefficient (Wildman–Crippen LogP) is 5.71. The van der Waals surface area contributed by atoms with Crippen molar-refractivity contribution in [3.05, 3.63) is 72.8 Å². The van der Waals surface area contributed by atoms with Gasteiger partial charge in [-0.2, -0.15) is 0 Å². The second-order valence-corrected chi connectivity index (χ2v) is 9.20. The van der Waals surface area contributed by atoms with Gasteiger partial charge in [-0.3, -0.25) is 4.79 Å². The summed E-state index contributed by atoms with van der Waals surface area (Å²) in [6, 6.07) is 22.4. The molecule has 1 atom stereocenters. The molecule has 3 amide bonds. The van der Waals surface area contributed by atoms with Crippen molar-refractivity contribution in [2.75, 3.05) is 42.7 Å². The van der Waals surface area contributed by atoms with E-state index in [0.717, 1.165) is 49.3 Å². The first-order chi connectivity index (χ1) is 17.1. The lowest BCUT2D eigenvalue weighted by Gasteiger charge is -2.43. The van der Waals surface area contributed by atoms with Crippen LogP contribution in [0.3, 0.4) is 0 Å². The molecular formula is C28H31ClN4O3. The number of amides is 3. The summed E-state index contributed by atoms with van der Waals surface area (Å²) in [5.74, 6) is 1.42. The Morgan fingerprint density at radius 2 is 1.39 bits per heavy atom. The molecule has 0 aliphatic carbocycles. The van der Waals surface area contributed by atoms with E-state index in [-0.39, 0.29) is 30.3 Å². The van der Waals surface area contributed by atoms with E-state index >= 15 is 0 Å². The van der Waals surface area contributed by atoms with Crippen molar-refractivity contribution in [3.8, 4) is 16.9 Å². The van der Waals surface area contributed by atoms with Gasteiger partial charge in [0.15, 0.2) is 0 Å². The minimum Gasteiger partial charge on any atom is -0.497 e. The van der Waals surface area contributed by atoms with Gasteiger partial charge in [-0.1, -0.05) is 30.3 Å². The second-order valence-electron chi connectivity index (χ2n) is 9.20. The maximum atomic E-state index is 12.8. The molecule has 0 spiro atoms. The Balaban J connectivity index is 0.00000304. The average molecular weight is 507 g/mol. The SMILES string of the molecule is COc1cccc(NC(=O)Nc2ccc(-c3ccc(NC(=O)C4CN5CCC4CC5)cc3)cc2)c1.Cl. The topological polar surface area (TPSA) is 82.7 Å². The normalized spacial score (nSPS) is 20.1. The molecule has 36 heavy (non-hydrogen) atoms. The molecule has 3 fully saturated rings. The molecule has 1 unspecified atom stereocenters. The van der Waals surface area contributed by atoms with Crippen molar-refractivity contribution in [2.45, 2.75) is 12.8 Å². The van der Waals surface area contributed by atoms with E-state index < -0.39 is 0 Å². The van der Waals surface area contributed by atoms with E-state index in [1.165, 1.54) is 0 Å². The quantitative estimate of drug-likeness (QED) is 0.400. The highest BCUT2D eigenvalue weighted by Gasteiger charge is 2.38. The summed E-state index contributed by atoms with van der Waals surface area (Å²) in [6.07, 6.45) is 2.26. The molecule has 2 bridgehead atoms. The molecule has 3 aliphatic rings. The van der Waals surface area contributed by atoms with Crippen molar-refractivity contribution in [2.24, 2.45) is 11.8 Å². The van der Waals surface area contributed by atoms with E-state index in [2.05, 4.69) is 20.9 Å². The molecular weight excluding hydrogens is 476 g/mol. The summed E-state index contributed by atoms with van der Waals surface area (Å²) in [4.78, 5) is 27.5. The number of ether oxygens (including phenoxy) is 1. The van der Waals surface area contributed by atoms with Gasteiger partial charge in [-0.05, 0) is 79.4 Å². The number of halogens is 1. The molecule has 3 heterocycles. The Morgan fingerprint density at radius 3 is 1.94 bits per heavy atom. The number of urea groups is 1. The molecule has 188 valence electrons. The first-order valence-corrected chi connectivity index (χ1v) is 12.0. The fraction of sp³-hybridized carbons (Fsp3) is 0.286. The maximum absolute atomic E-state index is 12.8. The van der Waals surface area contributed by atoms with Gasteiger partial charge in [0.1, 0.15) is 5.75 Å². The van der Waals surface area contributed by atoms with Crippen LogP contribution in [0.2, 0.25) is 0 Å². The molecule has 8 heteroatoms. The number of carbonyl (C=O) groups is 2. The van der Waals surface area contributed by atoms with Crippen LogP contribution in [0.15, 0.2) is 72.8 Å². The Morgan fingerprint density at radius 1 is 0.806 bits per heavy atom. The highest BCUT2D eigenvalue weighted by molar-refractivity contribution is 6.00. The fourth-order valence-electron chi connectivity index (χ4n) is 4.98. The van der Waals surface area contributed by atoms with E-state index in [0.29, 0.717) is 23.0 Å². The summed E-state index contributed by atoms with van der Waals surface area (Å²) in [5, 5.41) is 8.74. The zero-order chi connectivity index (χ0) is 24.2. The third kappa shape index (κ3) is 5.98. The molecule has 3 aromatic carbocycles. The Kier molecular flexibility index (Phi) is 8.13. The van der Waals surface area contributed by atoms with Crippen LogP contribution >= 0.6 is 12.4 Å². The minimum absolute atomic E-state index is 0. The average Bonchev–Trinajstić information content (AvgIpc) is 2.90. The Hall–Kier alpha value is -3.55. The van der Waals surface area contributed by atoms with Gasteiger partial charge in [0.25, 0.3) is 0 Å². The summed E-state index contributed by atoms with van der Waals surface area (Å²) in [6.45, 7) is 3.14. The molecule has 0 saturated carbocycles. The van der Waals surface area contributed by atoms with Gasteiger partial charge in [-0.15, -0.1) is 12.4 Å². The van der Waals surface area contributed by atoms with Crippen LogP contribution in [0, 0.1) is 11.8 Å². The lowest BCUT2D eigenvalue weighted by atomic mass is 9.78. The van der Waals surface area contributed by atoms with E-state index in [9.17, 15) is 9.59 Å². The molecule has 3 aromatic rings. The van der Waals surface area contributed by atoms with Gasteiger partial charge in [0.2, 0.25) is 5.91 Å². The molecule has 7 nitrogen and oxygen atoms in total. The van der Waals surface area contributed by atoms with Crippen LogP contribution in [-0.4, -0.2) is 43.6 Å². The van der Waals surface area contributed by atoms with Crippen molar-refractivity contribution in [1.82, 2.24) is 4.90 Å². The molecule has 3 N–H and O–H groups in total. The van der Waals surface area contributed by atoms with Crippen molar-refractivity contribution in [1.29, 1.82) is 0 Å². The zero-order valence-corrected chi connectivity index (χ0v) is 21.0.